The van der Waals surface area contributed by atoms with Crippen LogP contribution in [0, 0.1) is 0 Å². The molecule has 1 nitrogen and oxygen atoms in total. The van der Waals surface area contributed by atoms with E-state index in [4.69, 9.17) is 0 Å². The molecule has 0 saturated heterocycles. The van der Waals surface area contributed by atoms with Crippen LogP contribution in [-0.4, -0.2) is 20.5 Å². The van der Waals surface area contributed by atoms with E-state index in [0.29, 0.717) is 15.0 Å². The molecule has 1 heterocycles. The Morgan fingerprint density at radius 3 is 2.75 bits per heavy atom. The number of fused-ring (bicyclic) bond motifs is 1. The van der Waals surface area contributed by atoms with Gasteiger partial charge >= 0.3 is 104 Å². The first kappa shape index (κ1) is 11.8. The van der Waals surface area contributed by atoms with Gasteiger partial charge in [-0.15, -0.1) is 0 Å². The predicted molar refractivity (Wildman–Crippen MR) is 73.7 cm³/mol. The van der Waals surface area contributed by atoms with Gasteiger partial charge in [-0.3, -0.25) is 0 Å². The van der Waals surface area contributed by atoms with E-state index in [-0.39, 0.29) is 5.54 Å². The van der Waals surface area contributed by atoms with Gasteiger partial charge in [0, 0.05) is 0 Å². The van der Waals surface area contributed by atoms with Crippen LogP contribution < -0.4 is 9.78 Å². The number of rotatable bonds is 2. The molecule has 0 bridgehead atoms. The van der Waals surface area contributed by atoms with Gasteiger partial charge < -0.3 is 0 Å². The SMILES string of the molecule is CC[Se]c1ccc2c(c1)C(C)=CC(C)(C)N2. The molecule has 2 rings (SSSR count). The Balaban J connectivity index is 2.42. The van der Waals surface area contributed by atoms with Crippen LogP contribution in [0.25, 0.3) is 5.57 Å². The molecular formula is C14H19NSe. The van der Waals surface area contributed by atoms with Crippen LogP contribution >= 0.6 is 0 Å². The number of benzene rings is 1. The van der Waals surface area contributed by atoms with E-state index >= 15 is 0 Å². The monoisotopic (exact) mass is 281 g/mol. The summed E-state index contributed by atoms with van der Waals surface area (Å²) in [6, 6.07) is 6.86. The van der Waals surface area contributed by atoms with Gasteiger partial charge in [0.2, 0.25) is 0 Å². The van der Waals surface area contributed by atoms with E-state index < -0.39 is 0 Å². The first-order valence-corrected chi connectivity index (χ1v) is 7.83. The molecule has 0 radical (unpaired) electrons. The summed E-state index contributed by atoms with van der Waals surface area (Å²) < 4.78 is 1.50. The average molecular weight is 280 g/mol. The number of hydrogen-bond acceptors (Lipinski definition) is 1. The van der Waals surface area contributed by atoms with E-state index in [1.165, 1.54) is 26.6 Å². The summed E-state index contributed by atoms with van der Waals surface area (Å²) in [7, 11) is 0. The zero-order chi connectivity index (χ0) is 11.8. The van der Waals surface area contributed by atoms with Crippen molar-refractivity contribution in [2.24, 2.45) is 0 Å². The van der Waals surface area contributed by atoms with Gasteiger partial charge in [0.1, 0.15) is 0 Å². The summed E-state index contributed by atoms with van der Waals surface area (Å²) >= 11 is 0.627. The van der Waals surface area contributed by atoms with E-state index in [1.54, 1.807) is 0 Å². The second kappa shape index (κ2) is 4.27. The summed E-state index contributed by atoms with van der Waals surface area (Å²) in [4.78, 5) is 0. The Morgan fingerprint density at radius 2 is 2.06 bits per heavy atom. The minimum atomic E-state index is 0.0779. The molecule has 1 aliphatic heterocycles. The van der Waals surface area contributed by atoms with Crippen molar-refractivity contribution in [1.82, 2.24) is 0 Å². The van der Waals surface area contributed by atoms with Gasteiger partial charge in [0.25, 0.3) is 0 Å². The molecule has 1 aromatic carbocycles. The van der Waals surface area contributed by atoms with E-state index in [2.05, 4.69) is 57.3 Å². The number of anilines is 1. The molecule has 1 N–H and O–H groups in total. The molecule has 0 amide bonds. The van der Waals surface area contributed by atoms with Gasteiger partial charge in [0.05, 0.1) is 0 Å². The van der Waals surface area contributed by atoms with Gasteiger partial charge in [-0.2, -0.15) is 0 Å². The van der Waals surface area contributed by atoms with Crippen LogP contribution in [0.5, 0.6) is 0 Å². The zero-order valence-corrected chi connectivity index (χ0v) is 12.1. The van der Waals surface area contributed by atoms with Crippen molar-refractivity contribution in [2.45, 2.75) is 38.6 Å². The average Bonchev–Trinajstić information content (AvgIpc) is 2.18. The number of nitrogens with one attached hydrogen (secondary N) is 1. The standard InChI is InChI=1S/C14H19NSe/c1-5-16-11-6-7-13-12(8-11)10(2)9-14(3,4)15-13/h6-9,15H,5H2,1-4H3. The van der Waals surface area contributed by atoms with Crippen LogP contribution in [0.3, 0.4) is 0 Å². The third-order valence-electron chi connectivity index (χ3n) is 2.76. The third kappa shape index (κ3) is 2.34. The summed E-state index contributed by atoms with van der Waals surface area (Å²) in [5.41, 5.74) is 4.13. The van der Waals surface area contributed by atoms with Crippen molar-refractivity contribution < 1.29 is 0 Å². The first-order valence-electron chi connectivity index (χ1n) is 5.77. The minimum absolute atomic E-state index is 0.0779. The molecule has 0 aromatic heterocycles. The van der Waals surface area contributed by atoms with Crippen LogP contribution in [0.15, 0.2) is 24.3 Å². The van der Waals surface area contributed by atoms with Gasteiger partial charge in [-0.1, -0.05) is 0 Å². The van der Waals surface area contributed by atoms with Crippen molar-refractivity contribution >= 4 is 30.7 Å². The van der Waals surface area contributed by atoms with Crippen molar-refractivity contribution in [3.63, 3.8) is 0 Å². The van der Waals surface area contributed by atoms with Crippen molar-refractivity contribution in [3.8, 4) is 0 Å². The molecule has 1 aliphatic rings. The molecule has 0 spiro atoms. The Hall–Kier alpha value is -0.721. The summed E-state index contributed by atoms with van der Waals surface area (Å²) in [5, 5.41) is 4.84. The quantitative estimate of drug-likeness (QED) is 0.821. The molecule has 86 valence electrons. The van der Waals surface area contributed by atoms with Crippen LogP contribution in [0.4, 0.5) is 5.69 Å². The summed E-state index contributed by atoms with van der Waals surface area (Å²) in [6.45, 7) is 8.89. The maximum atomic E-state index is 3.57. The van der Waals surface area contributed by atoms with E-state index in [9.17, 15) is 0 Å². The second-order valence-corrected chi connectivity index (χ2v) is 7.62. The van der Waals surface area contributed by atoms with E-state index in [1.807, 2.05) is 0 Å². The summed E-state index contributed by atoms with van der Waals surface area (Å²) in [6.07, 6.45) is 2.32. The van der Waals surface area contributed by atoms with Gasteiger partial charge in [-0.25, -0.2) is 0 Å². The van der Waals surface area contributed by atoms with Gasteiger partial charge in [-0.05, 0) is 0 Å². The number of hydrogen-bond donors (Lipinski definition) is 1. The maximum absolute atomic E-state index is 3.57. The molecule has 0 aliphatic carbocycles. The topological polar surface area (TPSA) is 12.0 Å². The fourth-order valence-corrected chi connectivity index (χ4v) is 3.68. The fraction of sp³-hybridized carbons (Fsp3) is 0.429. The Morgan fingerprint density at radius 1 is 1.31 bits per heavy atom. The van der Waals surface area contributed by atoms with Crippen LogP contribution in [0.1, 0.15) is 33.3 Å². The molecule has 16 heavy (non-hydrogen) atoms. The Labute approximate surface area is 104 Å². The molecule has 1 aromatic rings. The van der Waals surface area contributed by atoms with E-state index in [0.717, 1.165) is 0 Å². The van der Waals surface area contributed by atoms with Crippen LogP contribution in [0.2, 0.25) is 5.32 Å². The molecular weight excluding hydrogens is 261 g/mol. The number of allylic oxidation sites excluding steroid dienone is 1. The van der Waals surface area contributed by atoms with Gasteiger partial charge in [0.15, 0.2) is 0 Å². The molecule has 0 unspecified atom stereocenters. The first-order chi connectivity index (χ1) is 7.52. The predicted octanol–water partition coefficient (Wildman–Crippen LogP) is 3.06. The van der Waals surface area contributed by atoms with Crippen molar-refractivity contribution in [3.05, 3.63) is 29.8 Å². The van der Waals surface area contributed by atoms with Crippen molar-refractivity contribution in [1.29, 1.82) is 0 Å². The van der Waals surface area contributed by atoms with Crippen molar-refractivity contribution in [2.75, 3.05) is 5.32 Å². The Bertz CT molecular complexity index is 432. The van der Waals surface area contributed by atoms with Crippen LogP contribution in [-0.2, 0) is 0 Å². The molecule has 0 atom stereocenters. The Kier molecular flexibility index (Phi) is 3.14. The zero-order valence-electron chi connectivity index (χ0n) is 10.4. The fourth-order valence-electron chi connectivity index (χ4n) is 2.22. The molecule has 2 heteroatoms. The molecule has 0 saturated carbocycles. The normalized spacial score (nSPS) is 17.4. The molecule has 0 fully saturated rings. The summed E-state index contributed by atoms with van der Waals surface area (Å²) in [5.74, 6) is 0. The second-order valence-electron chi connectivity index (χ2n) is 4.81. The third-order valence-corrected chi connectivity index (χ3v) is 4.60.